The second-order valence-corrected chi connectivity index (χ2v) is 8.97. The van der Waals surface area contributed by atoms with Gasteiger partial charge in [-0.05, 0) is 61.9 Å². The van der Waals surface area contributed by atoms with Gasteiger partial charge in [0.2, 0.25) is 5.91 Å². The van der Waals surface area contributed by atoms with Gasteiger partial charge in [-0.25, -0.2) is 4.98 Å². The summed E-state index contributed by atoms with van der Waals surface area (Å²) in [5.41, 5.74) is 1.78. The van der Waals surface area contributed by atoms with Crippen molar-refractivity contribution in [3.8, 4) is 10.9 Å². The van der Waals surface area contributed by atoms with Gasteiger partial charge in [0.05, 0.1) is 10.4 Å². The van der Waals surface area contributed by atoms with Gasteiger partial charge in [0.1, 0.15) is 5.75 Å². The molecule has 2 fully saturated rings. The number of nitrogens with one attached hydrogen (secondary N) is 1. The number of rotatable bonds is 5. The summed E-state index contributed by atoms with van der Waals surface area (Å²) in [7, 11) is 0. The fourth-order valence-electron chi connectivity index (χ4n) is 4.81. The number of ether oxygens (including phenoxy) is 1. The summed E-state index contributed by atoms with van der Waals surface area (Å²) in [6, 6.07) is 12.7. The molecule has 2 aliphatic heterocycles. The third kappa shape index (κ3) is 3.60. The van der Waals surface area contributed by atoms with Crippen LogP contribution in [0.4, 0.5) is 0 Å². The van der Waals surface area contributed by atoms with E-state index in [0.29, 0.717) is 16.9 Å². The average Bonchev–Trinajstić information content (AvgIpc) is 3.17. The maximum atomic E-state index is 11.8. The number of hydrogen-bond donors (Lipinski definition) is 1. The van der Waals surface area contributed by atoms with E-state index in [-0.39, 0.29) is 11.6 Å². The highest BCUT2D eigenvalue weighted by Gasteiger charge is 2.48. The van der Waals surface area contributed by atoms with Crippen LogP contribution >= 0.6 is 11.3 Å². The molecule has 1 aromatic carbocycles. The number of pyridine rings is 1. The van der Waals surface area contributed by atoms with Crippen molar-refractivity contribution in [2.45, 2.75) is 57.3 Å². The minimum Gasteiger partial charge on any atom is -0.431 e. The van der Waals surface area contributed by atoms with Gasteiger partial charge in [0.25, 0.3) is 5.19 Å². The highest BCUT2D eigenvalue weighted by atomic mass is 32.1. The largest absolute Gasteiger partial charge is 0.431 e. The van der Waals surface area contributed by atoms with Crippen LogP contribution < -0.4 is 10.1 Å². The maximum absolute atomic E-state index is 11.8. The van der Waals surface area contributed by atoms with Gasteiger partial charge in [0.15, 0.2) is 5.65 Å². The van der Waals surface area contributed by atoms with E-state index in [1.807, 2.05) is 24.3 Å². The molecule has 3 aromatic rings. The summed E-state index contributed by atoms with van der Waals surface area (Å²) in [5.74, 6) is 0.831. The molecule has 1 amide bonds. The molecular formula is C22H24N4O2S. The van der Waals surface area contributed by atoms with Crippen molar-refractivity contribution < 1.29 is 9.53 Å². The van der Waals surface area contributed by atoms with E-state index in [2.05, 4.69) is 32.3 Å². The first kappa shape index (κ1) is 18.5. The summed E-state index contributed by atoms with van der Waals surface area (Å²) in [6.07, 6.45) is 7.38. The van der Waals surface area contributed by atoms with Gasteiger partial charge in [-0.15, -0.1) is 0 Å². The third-order valence-corrected chi connectivity index (χ3v) is 6.93. The first-order valence-electron chi connectivity index (χ1n) is 10.2. The summed E-state index contributed by atoms with van der Waals surface area (Å²) >= 11 is 1.49. The van der Waals surface area contributed by atoms with Gasteiger partial charge in [-0.3, -0.25) is 9.69 Å². The van der Waals surface area contributed by atoms with E-state index in [1.54, 1.807) is 13.1 Å². The standard InChI is InChI=1S/C22H24N4O2S/c1-15(27)25-22-11-2-4-17(10-12-22)26(22)14-16-6-8-18(9-7-16)28-21-24-20-19(29-21)5-3-13-23-20/h3,5-9,13,17H,2,4,10-12,14H2,1H3,(H,25,27)/t17-,22+/m0/s1. The lowest BCUT2D eigenvalue weighted by atomic mass is 9.95. The van der Waals surface area contributed by atoms with Crippen LogP contribution in [0.5, 0.6) is 10.9 Å². The van der Waals surface area contributed by atoms with E-state index in [9.17, 15) is 4.79 Å². The zero-order valence-electron chi connectivity index (χ0n) is 16.4. The zero-order chi connectivity index (χ0) is 19.8. The van der Waals surface area contributed by atoms with Crippen molar-refractivity contribution in [2.75, 3.05) is 0 Å². The Bertz CT molecular complexity index is 998. The minimum atomic E-state index is -0.169. The Balaban J connectivity index is 1.30. The van der Waals surface area contributed by atoms with Crippen molar-refractivity contribution in [1.29, 1.82) is 0 Å². The zero-order valence-corrected chi connectivity index (χ0v) is 17.2. The van der Waals surface area contributed by atoms with Gasteiger partial charge in [0, 0.05) is 25.7 Å². The number of piperidine rings is 1. The molecule has 0 radical (unpaired) electrons. The summed E-state index contributed by atoms with van der Waals surface area (Å²) in [5, 5.41) is 3.87. The summed E-state index contributed by atoms with van der Waals surface area (Å²) in [4.78, 5) is 23.0. The van der Waals surface area contributed by atoms with Crippen LogP contribution in [0.1, 0.15) is 44.6 Å². The molecule has 0 aliphatic carbocycles. The molecule has 0 unspecified atom stereocenters. The fourth-order valence-corrected chi connectivity index (χ4v) is 5.61. The van der Waals surface area contributed by atoms with Gasteiger partial charge < -0.3 is 10.1 Å². The monoisotopic (exact) mass is 408 g/mol. The van der Waals surface area contributed by atoms with Crippen LogP contribution in [0.2, 0.25) is 0 Å². The molecule has 1 N–H and O–H groups in total. The van der Waals surface area contributed by atoms with Crippen LogP contribution in [-0.4, -0.2) is 32.5 Å². The second-order valence-electron chi connectivity index (χ2n) is 7.98. The van der Waals surface area contributed by atoms with Crippen molar-refractivity contribution in [3.63, 3.8) is 0 Å². The van der Waals surface area contributed by atoms with Gasteiger partial charge >= 0.3 is 0 Å². The topological polar surface area (TPSA) is 67.4 Å². The Hall–Kier alpha value is -2.51. The molecule has 2 aromatic heterocycles. The molecule has 29 heavy (non-hydrogen) atoms. The molecule has 2 atom stereocenters. The van der Waals surface area contributed by atoms with Crippen LogP contribution in [0, 0.1) is 0 Å². The number of benzene rings is 1. The van der Waals surface area contributed by atoms with E-state index < -0.39 is 0 Å². The quantitative estimate of drug-likeness (QED) is 0.675. The Kier molecular flexibility index (Phi) is 4.72. The number of amides is 1. The summed E-state index contributed by atoms with van der Waals surface area (Å²) < 4.78 is 6.95. The van der Waals surface area contributed by atoms with Crippen LogP contribution in [-0.2, 0) is 11.3 Å². The number of nitrogens with zero attached hydrogens (tertiary/aromatic N) is 3. The molecule has 2 aliphatic rings. The van der Waals surface area contributed by atoms with E-state index in [4.69, 9.17) is 4.74 Å². The van der Waals surface area contributed by atoms with Crippen LogP contribution in [0.25, 0.3) is 10.3 Å². The van der Waals surface area contributed by atoms with Crippen molar-refractivity contribution in [2.24, 2.45) is 0 Å². The molecule has 150 valence electrons. The van der Waals surface area contributed by atoms with Gasteiger partial charge in [-0.1, -0.05) is 23.5 Å². The normalized spacial score (nSPS) is 24.0. The lowest BCUT2D eigenvalue weighted by Crippen LogP contribution is -2.60. The van der Waals surface area contributed by atoms with E-state index >= 15 is 0 Å². The van der Waals surface area contributed by atoms with E-state index in [1.165, 1.54) is 29.7 Å². The lowest BCUT2D eigenvalue weighted by Gasteiger charge is -2.45. The first-order chi connectivity index (χ1) is 14.1. The van der Waals surface area contributed by atoms with Crippen LogP contribution in [0.15, 0.2) is 42.6 Å². The molecule has 0 saturated carbocycles. The average molecular weight is 409 g/mol. The number of aromatic nitrogens is 2. The first-order valence-corrected chi connectivity index (χ1v) is 11.0. The smallest absolute Gasteiger partial charge is 0.281 e. The molecular weight excluding hydrogens is 384 g/mol. The van der Waals surface area contributed by atoms with Gasteiger partial charge in [-0.2, -0.15) is 4.98 Å². The Morgan fingerprint density at radius 3 is 2.93 bits per heavy atom. The molecule has 5 rings (SSSR count). The number of carbonyl (C=O) groups excluding carboxylic acids is 1. The predicted molar refractivity (Wildman–Crippen MR) is 113 cm³/mol. The third-order valence-electron chi connectivity index (χ3n) is 6.04. The van der Waals surface area contributed by atoms with Crippen molar-refractivity contribution in [3.05, 3.63) is 48.2 Å². The van der Waals surface area contributed by atoms with Crippen molar-refractivity contribution in [1.82, 2.24) is 20.2 Å². The van der Waals surface area contributed by atoms with Crippen LogP contribution in [0.3, 0.4) is 0 Å². The number of fused-ring (bicyclic) bond motifs is 3. The second kappa shape index (κ2) is 7.39. The summed E-state index contributed by atoms with van der Waals surface area (Å²) in [6.45, 7) is 2.47. The number of thiazole rings is 1. The van der Waals surface area contributed by atoms with E-state index in [0.717, 1.165) is 36.3 Å². The molecule has 6 nitrogen and oxygen atoms in total. The minimum absolute atomic E-state index is 0.0617. The molecule has 2 bridgehead atoms. The Labute approximate surface area is 173 Å². The highest BCUT2D eigenvalue weighted by Crippen LogP contribution is 2.43. The molecule has 7 heteroatoms. The number of carbonyl (C=O) groups is 1. The maximum Gasteiger partial charge on any atom is 0.281 e. The predicted octanol–water partition coefficient (Wildman–Crippen LogP) is 4.46. The highest BCUT2D eigenvalue weighted by molar-refractivity contribution is 7.20. The fraction of sp³-hybridized carbons (Fsp3) is 0.409. The Morgan fingerprint density at radius 1 is 1.28 bits per heavy atom. The Morgan fingerprint density at radius 2 is 2.14 bits per heavy atom. The molecule has 0 spiro atoms. The SMILES string of the molecule is CC(=O)N[C@@]12CCC[C@@H](CC1)N2Cc1ccc(Oc2nc3ncccc3s2)cc1. The molecule has 4 heterocycles. The molecule has 2 saturated heterocycles. The lowest BCUT2D eigenvalue weighted by molar-refractivity contribution is -0.124. The number of hydrogen-bond acceptors (Lipinski definition) is 6. The van der Waals surface area contributed by atoms with Crippen molar-refractivity contribution >= 4 is 27.6 Å².